The molecule has 3 heterocycles. The van der Waals surface area contributed by atoms with Gasteiger partial charge in [0.15, 0.2) is 17.9 Å². The van der Waals surface area contributed by atoms with Crippen LogP contribution < -0.4 is 4.74 Å². The zero-order chi connectivity index (χ0) is 21.9. The summed E-state index contributed by atoms with van der Waals surface area (Å²) in [5.41, 5.74) is 2.91. The van der Waals surface area contributed by atoms with Crippen molar-refractivity contribution in [1.82, 2.24) is 20.1 Å². The average Bonchev–Trinajstić information content (AvgIpc) is 3.35. The van der Waals surface area contributed by atoms with E-state index in [4.69, 9.17) is 9.15 Å². The van der Waals surface area contributed by atoms with Crippen LogP contribution in [0.15, 0.2) is 65.5 Å². The van der Waals surface area contributed by atoms with Gasteiger partial charge in [0.1, 0.15) is 11.9 Å². The number of carbonyl (C=O) groups excluding carboxylic acids is 1. The third-order valence-corrected chi connectivity index (χ3v) is 5.82. The van der Waals surface area contributed by atoms with Crippen molar-refractivity contribution in [3.63, 3.8) is 0 Å². The first-order chi connectivity index (χ1) is 15.6. The quantitative estimate of drug-likeness (QED) is 0.426. The first kappa shape index (κ1) is 20.3. The highest BCUT2D eigenvalue weighted by atomic mass is 16.5. The molecule has 1 saturated heterocycles. The van der Waals surface area contributed by atoms with Crippen LogP contribution in [-0.4, -0.2) is 52.1 Å². The lowest BCUT2D eigenvalue weighted by Crippen LogP contribution is -2.35. The van der Waals surface area contributed by atoms with Crippen molar-refractivity contribution in [3.8, 4) is 17.1 Å². The maximum atomic E-state index is 12.9. The van der Waals surface area contributed by atoms with Gasteiger partial charge >= 0.3 is 0 Å². The van der Waals surface area contributed by atoms with Gasteiger partial charge in [-0.15, -0.1) is 0 Å². The van der Waals surface area contributed by atoms with Crippen molar-refractivity contribution >= 4 is 16.7 Å². The van der Waals surface area contributed by atoms with Crippen molar-refractivity contribution in [2.24, 2.45) is 0 Å². The number of benzene rings is 2. The number of nitrogens with zero attached hydrogens (tertiary/aromatic N) is 4. The minimum absolute atomic E-state index is 0.0149. The summed E-state index contributed by atoms with van der Waals surface area (Å²) in [6, 6.07) is 15.1. The van der Waals surface area contributed by atoms with Gasteiger partial charge in [-0.2, -0.15) is 10.2 Å². The van der Waals surface area contributed by atoms with Crippen LogP contribution in [-0.2, 0) is 6.42 Å². The Morgan fingerprint density at radius 3 is 2.81 bits per heavy atom. The molecule has 0 unspecified atom stereocenters. The molecular formula is C25H24N4O3. The van der Waals surface area contributed by atoms with Crippen molar-refractivity contribution in [2.75, 3.05) is 20.1 Å². The fourth-order valence-electron chi connectivity index (χ4n) is 3.99. The molecule has 32 heavy (non-hydrogen) atoms. The van der Waals surface area contributed by atoms with Gasteiger partial charge < -0.3 is 14.1 Å². The second kappa shape index (κ2) is 8.88. The van der Waals surface area contributed by atoms with Crippen molar-refractivity contribution < 1.29 is 13.9 Å². The molecule has 7 heteroatoms. The smallest absolute Gasteiger partial charge is 0.181 e. The predicted molar refractivity (Wildman–Crippen MR) is 121 cm³/mol. The molecule has 1 aliphatic heterocycles. The normalized spacial score (nSPS) is 15.2. The summed E-state index contributed by atoms with van der Waals surface area (Å²) < 4.78 is 11.5. The summed E-state index contributed by atoms with van der Waals surface area (Å²) in [5, 5.41) is 9.42. The number of aromatic nitrogens is 3. The summed E-state index contributed by atoms with van der Waals surface area (Å²) in [4.78, 5) is 19.2. The van der Waals surface area contributed by atoms with E-state index in [2.05, 4.69) is 27.1 Å². The summed E-state index contributed by atoms with van der Waals surface area (Å²) in [7, 11) is 2.13. The van der Waals surface area contributed by atoms with Crippen LogP contribution >= 0.6 is 0 Å². The number of hydrogen-bond donors (Lipinski definition) is 0. The number of Topliss-reactive ketones (excluding diaryl/α,β-unsaturated/α-hetero) is 1. The number of carbonyl (C=O) groups is 1. The molecule has 4 aromatic rings. The molecule has 1 fully saturated rings. The van der Waals surface area contributed by atoms with E-state index >= 15 is 0 Å². The van der Waals surface area contributed by atoms with Gasteiger partial charge in [-0.05, 0) is 56.3 Å². The van der Waals surface area contributed by atoms with Crippen LogP contribution in [0.1, 0.15) is 28.9 Å². The zero-order valence-corrected chi connectivity index (χ0v) is 17.9. The van der Waals surface area contributed by atoms with Gasteiger partial charge in [0.05, 0.1) is 23.8 Å². The lowest BCUT2D eigenvalue weighted by Gasteiger charge is -2.29. The highest BCUT2D eigenvalue weighted by molar-refractivity contribution is 5.98. The number of rotatable bonds is 6. The first-order valence-electron chi connectivity index (χ1n) is 10.8. The van der Waals surface area contributed by atoms with E-state index in [1.807, 2.05) is 48.5 Å². The Morgan fingerprint density at radius 1 is 1.12 bits per heavy atom. The molecule has 0 amide bonds. The maximum absolute atomic E-state index is 12.9. The van der Waals surface area contributed by atoms with E-state index in [0.717, 1.165) is 48.1 Å². The van der Waals surface area contributed by atoms with E-state index in [1.54, 1.807) is 6.20 Å². The van der Waals surface area contributed by atoms with E-state index in [1.165, 1.54) is 6.39 Å². The van der Waals surface area contributed by atoms with E-state index in [0.29, 0.717) is 17.0 Å². The lowest BCUT2D eigenvalue weighted by molar-refractivity contribution is 0.0987. The second-order valence-electron chi connectivity index (χ2n) is 8.22. The fraction of sp³-hybridized carbons (Fsp3) is 0.280. The average molecular weight is 428 g/mol. The molecule has 7 nitrogen and oxygen atoms in total. The fourth-order valence-corrected chi connectivity index (χ4v) is 3.99. The summed E-state index contributed by atoms with van der Waals surface area (Å²) >= 11 is 0. The Balaban J connectivity index is 1.31. The summed E-state index contributed by atoms with van der Waals surface area (Å²) in [6.07, 6.45) is 5.43. The molecule has 0 N–H and O–H groups in total. The second-order valence-corrected chi connectivity index (χ2v) is 8.22. The van der Waals surface area contributed by atoms with Crippen LogP contribution in [0.4, 0.5) is 0 Å². The molecule has 0 saturated carbocycles. The molecule has 0 bridgehead atoms. The Labute approximate surface area is 186 Å². The van der Waals surface area contributed by atoms with Crippen LogP contribution in [0.25, 0.3) is 22.2 Å². The Kier molecular flexibility index (Phi) is 5.64. The SMILES string of the molecule is CN1CCC(Oc2cccc(C(=O)Cc3cc4cc(-c5cnco5)ccc4nn3)c2)CC1. The molecule has 0 radical (unpaired) electrons. The molecule has 0 spiro atoms. The molecule has 2 aromatic heterocycles. The maximum Gasteiger partial charge on any atom is 0.181 e. The molecule has 2 aromatic carbocycles. The Morgan fingerprint density at radius 2 is 2.00 bits per heavy atom. The van der Waals surface area contributed by atoms with Gasteiger partial charge in [-0.25, -0.2) is 4.98 Å². The molecule has 1 aliphatic rings. The first-order valence-corrected chi connectivity index (χ1v) is 10.8. The number of piperidine rings is 1. The number of oxazole rings is 1. The van der Waals surface area contributed by atoms with Gasteiger partial charge in [0, 0.05) is 29.6 Å². The zero-order valence-electron chi connectivity index (χ0n) is 17.9. The summed E-state index contributed by atoms with van der Waals surface area (Å²) in [5.74, 6) is 1.41. The Hall–Kier alpha value is -3.58. The van der Waals surface area contributed by atoms with Crippen LogP contribution in [0, 0.1) is 0 Å². The lowest BCUT2D eigenvalue weighted by atomic mass is 10.0. The Bertz CT molecular complexity index is 1230. The third kappa shape index (κ3) is 4.53. The minimum atomic E-state index is -0.0149. The van der Waals surface area contributed by atoms with Crippen molar-refractivity contribution in [2.45, 2.75) is 25.4 Å². The number of fused-ring (bicyclic) bond motifs is 1. The van der Waals surface area contributed by atoms with E-state index < -0.39 is 0 Å². The van der Waals surface area contributed by atoms with Crippen LogP contribution in [0.5, 0.6) is 5.75 Å². The number of likely N-dealkylation sites (tertiary alicyclic amines) is 1. The van der Waals surface area contributed by atoms with Gasteiger partial charge in [0.2, 0.25) is 0 Å². The molecule has 5 rings (SSSR count). The van der Waals surface area contributed by atoms with Crippen LogP contribution in [0.2, 0.25) is 0 Å². The topological polar surface area (TPSA) is 81.4 Å². The highest BCUT2D eigenvalue weighted by Gasteiger charge is 2.18. The van der Waals surface area contributed by atoms with E-state index in [9.17, 15) is 4.79 Å². The monoisotopic (exact) mass is 428 g/mol. The largest absolute Gasteiger partial charge is 0.490 e. The van der Waals surface area contributed by atoms with E-state index in [-0.39, 0.29) is 18.3 Å². The number of ketones is 1. The summed E-state index contributed by atoms with van der Waals surface area (Å²) in [6.45, 7) is 2.06. The van der Waals surface area contributed by atoms with Crippen molar-refractivity contribution in [1.29, 1.82) is 0 Å². The molecule has 0 aliphatic carbocycles. The highest BCUT2D eigenvalue weighted by Crippen LogP contribution is 2.24. The van der Waals surface area contributed by atoms with Gasteiger partial charge in [0.25, 0.3) is 0 Å². The van der Waals surface area contributed by atoms with Gasteiger partial charge in [-0.1, -0.05) is 12.1 Å². The molecular weight excluding hydrogens is 404 g/mol. The van der Waals surface area contributed by atoms with Crippen molar-refractivity contribution in [3.05, 3.63) is 72.4 Å². The third-order valence-electron chi connectivity index (χ3n) is 5.82. The minimum Gasteiger partial charge on any atom is -0.490 e. The standard InChI is InChI=1S/C25H24N4O3/c1-29-9-7-21(8-10-29)32-22-4-2-3-17(13-22)24(30)14-20-12-19-11-18(25-15-26-16-31-25)5-6-23(19)28-27-20/h2-6,11-13,15-16,21H,7-10,14H2,1H3. The number of hydrogen-bond acceptors (Lipinski definition) is 7. The van der Waals surface area contributed by atoms with Crippen LogP contribution in [0.3, 0.4) is 0 Å². The van der Waals surface area contributed by atoms with Gasteiger partial charge in [-0.3, -0.25) is 4.79 Å². The number of ether oxygens (including phenoxy) is 1. The molecule has 0 atom stereocenters. The molecule has 162 valence electrons. The predicted octanol–water partition coefficient (Wildman–Crippen LogP) is 4.18.